The summed E-state index contributed by atoms with van der Waals surface area (Å²) in [6.07, 6.45) is 0.00676. The quantitative estimate of drug-likeness (QED) is 0.658. The molecule has 2 amide bonds. The summed E-state index contributed by atoms with van der Waals surface area (Å²) in [6.45, 7) is 0.111. The lowest BCUT2D eigenvalue weighted by Gasteiger charge is -2.17. The molecule has 8 nitrogen and oxygen atoms in total. The average Bonchev–Trinajstić information content (AvgIpc) is 2.85. The Morgan fingerprint density at radius 3 is 2.57 bits per heavy atom. The standard InChI is InChI=1S/C13H12N4O4/c14-11(19)6-4-9(18)17(5-6)8-3-1-2-7-10(8)13(21)16-15-12(7)20/h1-3,6H,4-5H2,(H2,14,19)(H,15,20)(H,16,21). The third-order valence-electron chi connectivity index (χ3n) is 3.62. The Morgan fingerprint density at radius 1 is 1.19 bits per heavy atom. The van der Waals surface area contributed by atoms with Crippen LogP contribution in [0.1, 0.15) is 6.42 Å². The molecule has 2 aromatic rings. The zero-order chi connectivity index (χ0) is 15.1. The smallest absolute Gasteiger partial charge is 0.272 e. The molecule has 0 saturated carbocycles. The topological polar surface area (TPSA) is 129 Å². The largest absolute Gasteiger partial charge is 0.369 e. The molecule has 0 radical (unpaired) electrons. The van der Waals surface area contributed by atoms with E-state index in [2.05, 4.69) is 10.2 Å². The fourth-order valence-corrected chi connectivity index (χ4v) is 2.57. The molecule has 4 N–H and O–H groups in total. The van der Waals surface area contributed by atoms with Gasteiger partial charge in [-0.3, -0.25) is 29.4 Å². The lowest BCUT2D eigenvalue weighted by molar-refractivity contribution is -0.123. The molecule has 0 spiro atoms. The molecule has 1 aromatic heterocycles. The number of aromatic amines is 2. The molecule has 108 valence electrons. The van der Waals surface area contributed by atoms with Gasteiger partial charge in [0.05, 0.1) is 22.4 Å². The van der Waals surface area contributed by atoms with E-state index in [1.165, 1.54) is 11.0 Å². The van der Waals surface area contributed by atoms with Crippen molar-refractivity contribution in [2.24, 2.45) is 11.7 Å². The van der Waals surface area contributed by atoms with Crippen LogP contribution in [0.4, 0.5) is 5.69 Å². The number of H-pyrrole nitrogens is 2. The average molecular weight is 288 g/mol. The van der Waals surface area contributed by atoms with Crippen LogP contribution in [0.3, 0.4) is 0 Å². The summed E-state index contributed by atoms with van der Waals surface area (Å²) in [4.78, 5) is 48.3. The number of nitrogens with one attached hydrogen (secondary N) is 2. The van der Waals surface area contributed by atoms with Gasteiger partial charge in [0.25, 0.3) is 11.1 Å². The van der Waals surface area contributed by atoms with Gasteiger partial charge >= 0.3 is 0 Å². The summed E-state index contributed by atoms with van der Waals surface area (Å²) in [6, 6.07) is 4.65. The van der Waals surface area contributed by atoms with Crippen LogP contribution >= 0.6 is 0 Å². The first-order valence-corrected chi connectivity index (χ1v) is 6.32. The summed E-state index contributed by atoms with van der Waals surface area (Å²) >= 11 is 0. The number of hydrogen-bond donors (Lipinski definition) is 3. The van der Waals surface area contributed by atoms with Crippen LogP contribution in [0.25, 0.3) is 10.8 Å². The number of nitrogens with zero attached hydrogens (tertiary/aromatic N) is 1. The highest BCUT2D eigenvalue weighted by molar-refractivity contribution is 6.06. The molecule has 0 aliphatic carbocycles. The highest BCUT2D eigenvalue weighted by Gasteiger charge is 2.35. The summed E-state index contributed by atoms with van der Waals surface area (Å²) < 4.78 is 0. The number of benzene rings is 1. The number of amides is 2. The van der Waals surface area contributed by atoms with Gasteiger partial charge in [-0.05, 0) is 12.1 Å². The van der Waals surface area contributed by atoms with Crippen LogP contribution in [-0.2, 0) is 9.59 Å². The highest BCUT2D eigenvalue weighted by Crippen LogP contribution is 2.28. The molecule has 1 aromatic carbocycles. The van der Waals surface area contributed by atoms with E-state index in [4.69, 9.17) is 5.73 Å². The zero-order valence-electron chi connectivity index (χ0n) is 10.9. The van der Waals surface area contributed by atoms with Crippen LogP contribution in [0.2, 0.25) is 0 Å². The van der Waals surface area contributed by atoms with E-state index >= 15 is 0 Å². The van der Waals surface area contributed by atoms with Crippen molar-refractivity contribution >= 4 is 28.3 Å². The summed E-state index contributed by atoms with van der Waals surface area (Å²) in [5, 5.41) is 4.77. The first-order chi connectivity index (χ1) is 9.99. The third kappa shape index (κ3) is 2.00. The van der Waals surface area contributed by atoms with Gasteiger partial charge in [-0.15, -0.1) is 0 Å². The Hall–Kier alpha value is -2.90. The van der Waals surface area contributed by atoms with E-state index in [0.29, 0.717) is 5.69 Å². The third-order valence-corrected chi connectivity index (χ3v) is 3.62. The molecule has 1 aliphatic heterocycles. The molecule has 1 aliphatic rings. The lowest BCUT2D eigenvalue weighted by Crippen LogP contribution is -2.30. The van der Waals surface area contributed by atoms with Crippen molar-refractivity contribution in [1.82, 2.24) is 10.2 Å². The first-order valence-electron chi connectivity index (χ1n) is 6.32. The van der Waals surface area contributed by atoms with E-state index in [9.17, 15) is 19.2 Å². The van der Waals surface area contributed by atoms with Crippen molar-refractivity contribution < 1.29 is 9.59 Å². The number of anilines is 1. The summed E-state index contributed by atoms with van der Waals surface area (Å²) in [5.41, 5.74) is 4.58. The number of primary amides is 1. The minimum Gasteiger partial charge on any atom is -0.369 e. The Labute approximate surface area is 117 Å². The number of nitrogens with two attached hydrogens (primary N) is 1. The van der Waals surface area contributed by atoms with Gasteiger partial charge in [0.2, 0.25) is 11.8 Å². The van der Waals surface area contributed by atoms with Crippen LogP contribution < -0.4 is 21.8 Å². The minimum atomic E-state index is -0.589. The van der Waals surface area contributed by atoms with E-state index in [1.807, 2.05) is 0 Å². The molecular formula is C13H12N4O4. The Balaban J connectivity index is 2.20. The van der Waals surface area contributed by atoms with Gasteiger partial charge in [-0.1, -0.05) is 6.07 Å². The fraction of sp³-hybridized carbons (Fsp3) is 0.231. The Kier molecular flexibility index (Phi) is 2.86. The van der Waals surface area contributed by atoms with Crippen molar-refractivity contribution in [2.45, 2.75) is 6.42 Å². The number of hydrogen-bond acceptors (Lipinski definition) is 4. The van der Waals surface area contributed by atoms with Gasteiger partial charge in [0, 0.05) is 13.0 Å². The number of fused-ring (bicyclic) bond motifs is 1. The predicted octanol–water partition coefficient (Wildman–Crippen LogP) is -0.945. The Morgan fingerprint density at radius 2 is 1.90 bits per heavy atom. The van der Waals surface area contributed by atoms with E-state index in [1.54, 1.807) is 12.1 Å². The molecule has 0 bridgehead atoms. The molecule has 21 heavy (non-hydrogen) atoms. The number of carbonyl (C=O) groups excluding carboxylic acids is 2. The molecule has 1 unspecified atom stereocenters. The highest BCUT2D eigenvalue weighted by atomic mass is 16.2. The van der Waals surface area contributed by atoms with Crippen molar-refractivity contribution in [3.8, 4) is 0 Å². The first kappa shape index (κ1) is 13.1. The molecule has 2 heterocycles. The maximum absolute atomic E-state index is 12.0. The maximum Gasteiger partial charge on any atom is 0.272 e. The van der Waals surface area contributed by atoms with E-state index in [0.717, 1.165) is 0 Å². The van der Waals surface area contributed by atoms with Crippen LogP contribution in [0.5, 0.6) is 0 Å². The van der Waals surface area contributed by atoms with Crippen molar-refractivity contribution in [2.75, 3.05) is 11.4 Å². The molecular weight excluding hydrogens is 276 g/mol. The van der Waals surface area contributed by atoms with Crippen LogP contribution in [0, 0.1) is 5.92 Å². The van der Waals surface area contributed by atoms with E-state index < -0.39 is 22.9 Å². The van der Waals surface area contributed by atoms with Gasteiger partial charge in [0.1, 0.15) is 0 Å². The van der Waals surface area contributed by atoms with Gasteiger partial charge in [-0.2, -0.15) is 0 Å². The van der Waals surface area contributed by atoms with Gasteiger partial charge < -0.3 is 10.6 Å². The SMILES string of the molecule is NC(=O)C1CC(=O)N(c2cccc3c(=O)[nH][nH]c(=O)c23)C1. The molecule has 3 rings (SSSR count). The molecule has 1 fully saturated rings. The van der Waals surface area contributed by atoms with Crippen LogP contribution in [0.15, 0.2) is 27.8 Å². The predicted molar refractivity (Wildman–Crippen MR) is 74.8 cm³/mol. The molecule has 1 atom stereocenters. The number of rotatable bonds is 2. The van der Waals surface area contributed by atoms with E-state index in [-0.39, 0.29) is 29.6 Å². The number of aromatic nitrogens is 2. The minimum absolute atomic E-state index is 0.00676. The fourth-order valence-electron chi connectivity index (χ4n) is 2.57. The normalized spacial score (nSPS) is 18.4. The monoisotopic (exact) mass is 288 g/mol. The van der Waals surface area contributed by atoms with Gasteiger partial charge in [0.15, 0.2) is 0 Å². The second kappa shape index (κ2) is 4.58. The van der Waals surface area contributed by atoms with Crippen LogP contribution in [-0.4, -0.2) is 28.6 Å². The second-order valence-corrected chi connectivity index (χ2v) is 4.92. The second-order valence-electron chi connectivity index (χ2n) is 4.92. The Bertz CT molecular complexity index is 866. The maximum atomic E-state index is 12.0. The van der Waals surface area contributed by atoms with Gasteiger partial charge in [-0.25, -0.2) is 0 Å². The summed E-state index contributed by atoms with van der Waals surface area (Å²) in [7, 11) is 0. The summed E-state index contributed by atoms with van der Waals surface area (Å²) in [5.74, 6) is -1.45. The number of carbonyl (C=O) groups is 2. The zero-order valence-corrected chi connectivity index (χ0v) is 10.9. The molecule has 1 saturated heterocycles. The van der Waals surface area contributed by atoms with Crippen molar-refractivity contribution in [3.05, 3.63) is 38.9 Å². The molecule has 8 heteroatoms. The lowest BCUT2D eigenvalue weighted by atomic mass is 10.1. The van der Waals surface area contributed by atoms with Crippen molar-refractivity contribution in [1.29, 1.82) is 0 Å². The van der Waals surface area contributed by atoms with Crippen molar-refractivity contribution in [3.63, 3.8) is 0 Å².